The van der Waals surface area contributed by atoms with Gasteiger partial charge in [0.05, 0.1) is 13.3 Å². The van der Waals surface area contributed by atoms with Crippen LogP contribution in [-0.4, -0.2) is 22.7 Å². The van der Waals surface area contributed by atoms with Crippen LogP contribution in [0.25, 0.3) is 0 Å². The van der Waals surface area contributed by atoms with Crippen LogP contribution in [0.3, 0.4) is 0 Å². The number of ether oxygens (including phenoxy) is 1. The number of carbonyl (C=O) groups excluding carboxylic acids is 1. The van der Waals surface area contributed by atoms with Gasteiger partial charge in [-0.1, -0.05) is 37.3 Å². The fraction of sp³-hybridized carbons (Fsp3) is 0.375. The fourth-order valence-corrected chi connectivity index (χ4v) is 2.29. The molecule has 5 nitrogen and oxygen atoms in total. The number of ketones is 1. The maximum atomic E-state index is 12.5. The zero-order valence-electron chi connectivity index (χ0n) is 12.5. The molecule has 1 aromatic carbocycles. The highest BCUT2D eigenvalue weighted by Gasteiger charge is 2.21. The Kier molecular flexibility index (Phi) is 5.11. The van der Waals surface area contributed by atoms with Gasteiger partial charge in [-0.3, -0.25) is 9.48 Å². The molecule has 0 bridgehead atoms. The number of nitrogens with two attached hydrogens (primary N) is 1. The van der Waals surface area contributed by atoms with Crippen molar-refractivity contribution in [1.82, 2.24) is 9.78 Å². The molecule has 5 heteroatoms. The van der Waals surface area contributed by atoms with Gasteiger partial charge in [0.25, 0.3) is 0 Å². The van der Waals surface area contributed by atoms with Crippen LogP contribution >= 0.6 is 0 Å². The van der Waals surface area contributed by atoms with E-state index >= 15 is 0 Å². The molecule has 0 aliphatic rings. The van der Waals surface area contributed by atoms with Gasteiger partial charge >= 0.3 is 0 Å². The minimum atomic E-state index is -0.326. The van der Waals surface area contributed by atoms with Crippen LogP contribution in [-0.2, 0) is 6.54 Å². The number of Topliss-reactive ketones (excluding diaryl/α,β-unsaturated/α-hetero) is 1. The number of aromatic nitrogens is 2. The second-order valence-corrected chi connectivity index (χ2v) is 4.93. The van der Waals surface area contributed by atoms with E-state index < -0.39 is 0 Å². The summed E-state index contributed by atoms with van der Waals surface area (Å²) in [7, 11) is 1.54. The Morgan fingerprint density at radius 2 is 2.10 bits per heavy atom. The first-order valence-electron chi connectivity index (χ1n) is 7.10. The Morgan fingerprint density at radius 1 is 1.38 bits per heavy atom. The average Bonchev–Trinajstić information content (AvgIpc) is 2.91. The number of nitrogens with zero attached hydrogens (tertiary/aromatic N) is 2. The topological polar surface area (TPSA) is 70.1 Å². The lowest BCUT2D eigenvalue weighted by Gasteiger charge is -2.12. The molecule has 112 valence electrons. The molecule has 2 N–H and O–H groups in total. The van der Waals surface area contributed by atoms with E-state index in [0.717, 1.165) is 12.0 Å². The lowest BCUT2D eigenvalue weighted by molar-refractivity contribution is 0.0960. The molecular formula is C16H21N3O2. The maximum absolute atomic E-state index is 12.5. The predicted octanol–water partition coefficient (Wildman–Crippen LogP) is 2.57. The third kappa shape index (κ3) is 3.49. The summed E-state index contributed by atoms with van der Waals surface area (Å²) < 4.78 is 6.93. The van der Waals surface area contributed by atoms with Crippen molar-refractivity contribution in [2.45, 2.75) is 32.4 Å². The zero-order chi connectivity index (χ0) is 15.2. The van der Waals surface area contributed by atoms with Crippen molar-refractivity contribution >= 4 is 5.78 Å². The zero-order valence-corrected chi connectivity index (χ0v) is 12.5. The highest BCUT2D eigenvalue weighted by atomic mass is 16.5. The van der Waals surface area contributed by atoms with Crippen LogP contribution in [0, 0.1) is 0 Å². The number of rotatable bonds is 7. The Bertz CT molecular complexity index is 593. The normalized spacial score (nSPS) is 12.1. The number of hydrogen-bond acceptors (Lipinski definition) is 4. The molecule has 0 spiro atoms. The molecule has 0 aliphatic heterocycles. The number of methoxy groups -OCH3 is 1. The molecular weight excluding hydrogens is 266 g/mol. The smallest absolute Gasteiger partial charge is 0.186 e. The molecule has 1 aromatic heterocycles. The highest BCUT2D eigenvalue weighted by molar-refractivity contribution is 5.97. The van der Waals surface area contributed by atoms with Crippen molar-refractivity contribution in [2.24, 2.45) is 5.73 Å². The number of carbonyl (C=O) groups is 1. The van der Waals surface area contributed by atoms with Gasteiger partial charge in [0.2, 0.25) is 0 Å². The third-order valence-corrected chi connectivity index (χ3v) is 3.36. The lowest BCUT2D eigenvalue weighted by Crippen LogP contribution is -2.19. The predicted molar refractivity (Wildman–Crippen MR) is 81.4 cm³/mol. The van der Waals surface area contributed by atoms with Gasteiger partial charge in [0.1, 0.15) is 5.69 Å². The molecule has 0 amide bonds. The molecule has 2 aromatic rings. The van der Waals surface area contributed by atoms with Gasteiger partial charge in [-0.2, -0.15) is 5.10 Å². The van der Waals surface area contributed by atoms with Crippen LogP contribution in [0.5, 0.6) is 5.75 Å². The Morgan fingerprint density at radius 3 is 2.71 bits per heavy atom. The van der Waals surface area contributed by atoms with Crippen molar-refractivity contribution < 1.29 is 9.53 Å². The van der Waals surface area contributed by atoms with Crippen LogP contribution in [0.1, 0.15) is 41.9 Å². The summed E-state index contributed by atoms with van der Waals surface area (Å²) in [6.45, 7) is 2.73. The van der Waals surface area contributed by atoms with Gasteiger partial charge < -0.3 is 10.5 Å². The van der Waals surface area contributed by atoms with Crippen molar-refractivity contribution in [3.8, 4) is 5.75 Å². The molecule has 1 atom stereocenters. The van der Waals surface area contributed by atoms with Gasteiger partial charge in [0, 0.05) is 19.0 Å². The van der Waals surface area contributed by atoms with Crippen molar-refractivity contribution in [3.05, 3.63) is 47.8 Å². The second-order valence-electron chi connectivity index (χ2n) is 4.93. The molecule has 0 radical (unpaired) electrons. The molecule has 0 fully saturated rings. The van der Waals surface area contributed by atoms with E-state index in [1.54, 1.807) is 18.0 Å². The van der Waals surface area contributed by atoms with Gasteiger partial charge in [-0.25, -0.2) is 0 Å². The van der Waals surface area contributed by atoms with E-state index in [9.17, 15) is 4.79 Å². The number of benzene rings is 1. The monoisotopic (exact) mass is 287 g/mol. The summed E-state index contributed by atoms with van der Waals surface area (Å²) in [6.07, 6.45) is 2.71. The van der Waals surface area contributed by atoms with Crippen LogP contribution in [0.2, 0.25) is 0 Å². The summed E-state index contributed by atoms with van der Waals surface area (Å²) in [4.78, 5) is 12.5. The molecule has 0 saturated heterocycles. The van der Waals surface area contributed by atoms with E-state index in [-0.39, 0.29) is 18.2 Å². The standard InChI is InChI=1S/C16H21N3O2/c1-3-9-19-16(15(21-2)11-18-19)14(20)10-13(17)12-7-5-4-6-8-12/h4-8,11,13H,3,9-10,17H2,1-2H3. The van der Waals surface area contributed by atoms with Crippen molar-refractivity contribution in [3.63, 3.8) is 0 Å². The quantitative estimate of drug-likeness (QED) is 0.795. The van der Waals surface area contributed by atoms with Crippen molar-refractivity contribution in [1.29, 1.82) is 0 Å². The van der Waals surface area contributed by atoms with Crippen molar-refractivity contribution in [2.75, 3.05) is 7.11 Å². The first-order valence-corrected chi connectivity index (χ1v) is 7.10. The summed E-state index contributed by atoms with van der Waals surface area (Å²) >= 11 is 0. The molecule has 1 heterocycles. The van der Waals surface area contributed by atoms with E-state index in [2.05, 4.69) is 5.10 Å². The molecule has 1 unspecified atom stereocenters. The Hall–Kier alpha value is -2.14. The Balaban J connectivity index is 2.18. The molecule has 0 saturated carbocycles. The first-order chi connectivity index (χ1) is 10.2. The maximum Gasteiger partial charge on any atom is 0.186 e. The number of hydrogen-bond donors (Lipinski definition) is 1. The van der Waals surface area contributed by atoms with Crippen LogP contribution in [0.4, 0.5) is 0 Å². The lowest BCUT2D eigenvalue weighted by atomic mass is 10.0. The van der Waals surface area contributed by atoms with Crippen LogP contribution < -0.4 is 10.5 Å². The summed E-state index contributed by atoms with van der Waals surface area (Å²) in [5.41, 5.74) is 7.58. The second kappa shape index (κ2) is 7.04. The van der Waals surface area contributed by atoms with Gasteiger partial charge in [-0.15, -0.1) is 0 Å². The summed E-state index contributed by atoms with van der Waals surface area (Å²) in [5, 5.41) is 4.21. The summed E-state index contributed by atoms with van der Waals surface area (Å²) in [5.74, 6) is 0.461. The van der Waals surface area contributed by atoms with E-state index in [0.29, 0.717) is 18.0 Å². The third-order valence-electron chi connectivity index (χ3n) is 3.36. The molecule has 0 aliphatic carbocycles. The van der Waals surface area contributed by atoms with E-state index in [4.69, 9.17) is 10.5 Å². The largest absolute Gasteiger partial charge is 0.493 e. The minimum absolute atomic E-state index is 0.0471. The van der Waals surface area contributed by atoms with Gasteiger partial charge in [-0.05, 0) is 12.0 Å². The molecule has 2 rings (SSSR count). The fourth-order valence-electron chi connectivity index (χ4n) is 2.29. The first kappa shape index (κ1) is 15.3. The summed E-state index contributed by atoms with van der Waals surface area (Å²) in [6, 6.07) is 9.30. The van der Waals surface area contributed by atoms with E-state index in [1.807, 2.05) is 37.3 Å². The minimum Gasteiger partial charge on any atom is -0.493 e. The van der Waals surface area contributed by atoms with Crippen LogP contribution in [0.15, 0.2) is 36.5 Å². The average molecular weight is 287 g/mol. The van der Waals surface area contributed by atoms with Gasteiger partial charge in [0.15, 0.2) is 11.5 Å². The SMILES string of the molecule is CCCn1ncc(OC)c1C(=O)CC(N)c1ccccc1. The molecule has 21 heavy (non-hydrogen) atoms. The Labute approximate surface area is 124 Å². The number of aryl methyl sites for hydroxylation is 1. The van der Waals surface area contributed by atoms with E-state index in [1.165, 1.54) is 0 Å². The highest BCUT2D eigenvalue weighted by Crippen LogP contribution is 2.23.